The van der Waals surface area contributed by atoms with Crippen molar-refractivity contribution < 1.29 is 17.2 Å². The first-order valence-electron chi connectivity index (χ1n) is 8.65. The van der Waals surface area contributed by atoms with E-state index in [9.17, 15) is 17.2 Å². The quantitative estimate of drug-likeness (QED) is 0.880. The Bertz CT molecular complexity index is 647. The van der Waals surface area contributed by atoms with Gasteiger partial charge >= 0.3 is 0 Å². The van der Waals surface area contributed by atoms with Crippen molar-refractivity contribution >= 4 is 10.0 Å². The lowest BCUT2D eigenvalue weighted by Gasteiger charge is -2.36. The van der Waals surface area contributed by atoms with Crippen LogP contribution in [0.5, 0.6) is 0 Å². The van der Waals surface area contributed by atoms with Crippen LogP contribution in [0.1, 0.15) is 38.5 Å². The van der Waals surface area contributed by atoms with E-state index >= 15 is 0 Å². The number of hydrogen-bond donors (Lipinski definition) is 1. The SMILES string of the molecule is O=S(=O)(NCC1CCN(C2CCCC2)CC1)c1c(F)cccc1F. The van der Waals surface area contributed by atoms with E-state index in [4.69, 9.17) is 0 Å². The van der Waals surface area contributed by atoms with E-state index in [0.717, 1.165) is 44.1 Å². The van der Waals surface area contributed by atoms with Gasteiger partial charge in [0.25, 0.3) is 0 Å². The summed E-state index contributed by atoms with van der Waals surface area (Å²) in [5.74, 6) is -1.90. The third-order valence-corrected chi connectivity index (χ3v) is 6.71. The number of piperidine rings is 1. The molecule has 0 atom stereocenters. The first kappa shape index (κ1) is 17.8. The first-order chi connectivity index (χ1) is 11.5. The lowest BCUT2D eigenvalue weighted by atomic mass is 9.96. The highest BCUT2D eigenvalue weighted by atomic mass is 32.2. The standard InChI is InChI=1S/C17H24F2N2O2S/c18-15-6-3-7-16(19)17(15)24(22,23)20-12-13-8-10-21(11-9-13)14-4-1-2-5-14/h3,6-7,13-14,20H,1-2,4-5,8-12H2. The van der Waals surface area contributed by atoms with Gasteiger partial charge in [0.1, 0.15) is 11.6 Å². The molecule has 0 amide bonds. The second-order valence-corrected chi connectivity index (χ2v) is 8.52. The summed E-state index contributed by atoms with van der Waals surface area (Å²) in [6.07, 6.45) is 6.97. The Morgan fingerprint density at radius 3 is 2.21 bits per heavy atom. The van der Waals surface area contributed by atoms with Crippen molar-refractivity contribution in [2.24, 2.45) is 5.92 Å². The van der Waals surface area contributed by atoms with E-state index in [0.29, 0.717) is 6.04 Å². The summed E-state index contributed by atoms with van der Waals surface area (Å²) < 4.78 is 54.1. The highest BCUT2D eigenvalue weighted by molar-refractivity contribution is 7.89. The monoisotopic (exact) mass is 358 g/mol. The molecule has 134 valence electrons. The van der Waals surface area contributed by atoms with Crippen LogP contribution in [0, 0.1) is 17.6 Å². The molecule has 2 aliphatic rings. The van der Waals surface area contributed by atoms with Crippen LogP contribution in [0.3, 0.4) is 0 Å². The summed E-state index contributed by atoms with van der Waals surface area (Å²) in [5, 5.41) is 0. The smallest absolute Gasteiger partial charge is 0.246 e. The van der Waals surface area contributed by atoms with Gasteiger partial charge in [-0.05, 0) is 56.8 Å². The molecule has 4 nitrogen and oxygen atoms in total. The van der Waals surface area contributed by atoms with Crippen LogP contribution < -0.4 is 4.72 Å². The van der Waals surface area contributed by atoms with Crippen molar-refractivity contribution in [1.29, 1.82) is 0 Å². The van der Waals surface area contributed by atoms with Crippen LogP contribution >= 0.6 is 0 Å². The molecule has 3 rings (SSSR count). The van der Waals surface area contributed by atoms with Gasteiger partial charge in [-0.3, -0.25) is 0 Å². The third kappa shape index (κ3) is 3.95. The molecule has 1 aromatic carbocycles. The number of likely N-dealkylation sites (tertiary alicyclic amines) is 1. The number of nitrogens with zero attached hydrogens (tertiary/aromatic N) is 1. The van der Waals surface area contributed by atoms with E-state index in [-0.39, 0.29) is 12.5 Å². The Hall–Kier alpha value is -1.05. The molecular formula is C17H24F2N2O2S. The van der Waals surface area contributed by atoms with Gasteiger partial charge in [-0.2, -0.15) is 0 Å². The molecule has 1 saturated carbocycles. The predicted molar refractivity (Wildman–Crippen MR) is 88.1 cm³/mol. The van der Waals surface area contributed by atoms with E-state index < -0.39 is 26.6 Å². The summed E-state index contributed by atoms with van der Waals surface area (Å²) in [5.41, 5.74) is 0. The van der Waals surface area contributed by atoms with E-state index in [1.807, 2.05) is 0 Å². The Balaban J connectivity index is 1.54. The zero-order valence-electron chi connectivity index (χ0n) is 13.7. The summed E-state index contributed by atoms with van der Waals surface area (Å²) >= 11 is 0. The molecule has 0 aromatic heterocycles. The van der Waals surface area contributed by atoms with Gasteiger partial charge in [-0.1, -0.05) is 18.9 Å². The Morgan fingerprint density at radius 2 is 1.62 bits per heavy atom. The molecule has 1 aliphatic carbocycles. The molecule has 2 fully saturated rings. The molecule has 0 unspecified atom stereocenters. The highest BCUT2D eigenvalue weighted by Gasteiger charge is 2.29. The lowest BCUT2D eigenvalue weighted by molar-refractivity contribution is 0.135. The average molecular weight is 358 g/mol. The Labute approximate surface area is 142 Å². The molecule has 1 heterocycles. The largest absolute Gasteiger partial charge is 0.300 e. The highest BCUT2D eigenvalue weighted by Crippen LogP contribution is 2.28. The van der Waals surface area contributed by atoms with Crippen LogP contribution in [-0.4, -0.2) is 39.0 Å². The van der Waals surface area contributed by atoms with E-state index in [1.165, 1.54) is 25.7 Å². The van der Waals surface area contributed by atoms with Crippen molar-refractivity contribution in [3.8, 4) is 0 Å². The van der Waals surface area contributed by atoms with E-state index in [2.05, 4.69) is 9.62 Å². The average Bonchev–Trinajstić information content (AvgIpc) is 3.07. The summed E-state index contributed by atoms with van der Waals surface area (Å²) in [6, 6.07) is 3.76. The molecule has 0 bridgehead atoms. The second kappa shape index (κ2) is 7.45. The Morgan fingerprint density at radius 1 is 1.04 bits per heavy atom. The minimum atomic E-state index is -4.16. The van der Waals surface area contributed by atoms with Gasteiger partial charge in [-0.25, -0.2) is 21.9 Å². The fraction of sp³-hybridized carbons (Fsp3) is 0.647. The van der Waals surface area contributed by atoms with Crippen molar-refractivity contribution in [1.82, 2.24) is 9.62 Å². The first-order valence-corrected chi connectivity index (χ1v) is 10.1. The lowest BCUT2D eigenvalue weighted by Crippen LogP contribution is -2.42. The van der Waals surface area contributed by atoms with Crippen LogP contribution in [-0.2, 0) is 10.0 Å². The van der Waals surface area contributed by atoms with Crippen LogP contribution in [0.4, 0.5) is 8.78 Å². The topological polar surface area (TPSA) is 49.4 Å². The van der Waals surface area contributed by atoms with Gasteiger partial charge in [-0.15, -0.1) is 0 Å². The molecule has 1 N–H and O–H groups in total. The van der Waals surface area contributed by atoms with Crippen molar-refractivity contribution in [2.45, 2.75) is 49.5 Å². The van der Waals surface area contributed by atoms with Gasteiger partial charge < -0.3 is 4.90 Å². The number of hydrogen-bond acceptors (Lipinski definition) is 3. The molecule has 1 aliphatic heterocycles. The molecule has 1 saturated heterocycles. The fourth-order valence-corrected chi connectivity index (χ4v) is 5.08. The number of rotatable bonds is 5. The number of benzene rings is 1. The third-order valence-electron chi connectivity index (χ3n) is 5.24. The molecule has 7 heteroatoms. The predicted octanol–water partition coefficient (Wildman–Crippen LogP) is 2.90. The Kier molecular flexibility index (Phi) is 5.52. The number of nitrogens with one attached hydrogen (secondary N) is 1. The minimum Gasteiger partial charge on any atom is -0.300 e. The van der Waals surface area contributed by atoms with Crippen molar-refractivity contribution in [3.05, 3.63) is 29.8 Å². The number of halogens is 2. The van der Waals surface area contributed by atoms with E-state index in [1.54, 1.807) is 0 Å². The van der Waals surface area contributed by atoms with Crippen LogP contribution in [0.15, 0.2) is 23.1 Å². The molecule has 0 spiro atoms. The maximum atomic E-state index is 13.7. The summed E-state index contributed by atoms with van der Waals surface area (Å²) in [7, 11) is -4.16. The van der Waals surface area contributed by atoms with Gasteiger partial charge in [0.15, 0.2) is 4.90 Å². The minimum absolute atomic E-state index is 0.215. The fourth-order valence-electron chi connectivity index (χ4n) is 3.83. The molecule has 1 aromatic rings. The second-order valence-electron chi connectivity index (χ2n) is 6.82. The zero-order chi connectivity index (χ0) is 17.2. The maximum absolute atomic E-state index is 13.7. The zero-order valence-corrected chi connectivity index (χ0v) is 14.5. The van der Waals surface area contributed by atoms with Gasteiger partial charge in [0.05, 0.1) is 0 Å². The molecule has 24 heavy (non-hydrogen) atoms. The van der Waals surface area contributed by atoms with Gasteiger partial charge in [0.2, 0.25) is 10.0 Å². The molecule has 0 radical (unpaired) electrons. The number of sulfonamides is 1. The normalized spacial score (nSPS) is 21.4. The van der Waals surface area contributed by atoms with Crippen molar-refractivity contribution in [3.63, 3.8) is 0 Å². The molecular weight excluding hydrogens is 334 g/mol. The summed E-state index contributed by atoms with van der Waals surface area (Å²) in [4.78, 5) is 1.63. The van der Waals surface area contributed by atoms with Crippen LogP contribution in [0.25, 0.3) is 0 Å². The maximum Gasteiger partial charge on any atom is 0.246 e. The summed E-state index contributed by atoms with van der Waals surface area (Å²) in [6.45, 7) is 2.19. The van der Waals surface area contributed by atoms with Crippen LogP contribution in [0.2, 0.25) is 0 Å². The van der Waals surface area contributed by atoms with Crippen molar-refractivity contribution in [2.75, 3.05) is 19.6 Å². The van der Waals surface area contributed by atoms with Gasteiger partial charge in [0, 0.05) is 12.6 Å².